The van der Waals surface area contributed by atoms with Crippen LogP contribution in [0.3, 0.4) is 0 Å². The molecule has 0 saturated heterocycles. The highest BCUT2D eigenvalue weighted by Gasteiger charge is 2.17. The highest BCUT2D eigenvalue weighted by Crippen LogP contribution is 2.21. The summed E-state index contributed by atoms with van der Waals surface area (Å²) in [4.78, 5) is 11.0. The summed E-state index contributed by atoms with van der Waals surface area (Å²) < 4.78 is 0. The van der Waals surface area contributed by atoms with Gasteiger partial charge in [0.15, 0.2) is 0 Å². The Hall–Kier alpha value is -0.990. The van der Waals surface area contributed by atoms with Gasteiger partial charge in [0, 0.05) is 10.6 Å². The highest BCUT2D eigenvalue weighted by molar-refractivity contribution is 6.31. The number of carbonyl (C=O) groups is 1. The molecule has 0 fully saturated rings. The van der Waals surface area contributed by atoms with Gasteiger partial charge in [0.05, 0.1) is 5.92 Å². The Morgan fingerprint density at radius 3 is 2.69 bits per heavy atom. The normalized spacial score (nSPS) is 12.9. The third kappa shape index (κ3) is 3.87. The van der Waals surface area contributed by atoms with Gasteiger partial charge in [0.2, 0.25) is 0 Å². The molecule has 0 radical (unpaired) electrons. The first-order valence-electron chi connectivity index (χ1n) is 4.86. The number of halogens is 2. The molecule has 0 amide bonds. The molecule has 0 aliphatic carbocycles. The van der Waals surface area contributed by atoms with E-state index in [1.165, 1.54) is 5.54 Å². The van der Waals surface area contributed by atoms with E-state index in [9.17, 15) is 4.79 Å². The number of carboxylic acid groups (broad SMARTS) is 1. The molecule has 0 aliphatic heterocycles. The molecule has 0 bridgehead atoms. The first-order valence-corrected chi connectivity index (χ1v) is 5.68. The van der Waals surface area contributed by atoms with Crippen LogP contribution in [0.5, 0.6) is 0 Å². The topological polar surface area (TPSA) is 37.3 Å². The lowest BCUT2D eigenvalue weighted by Gasteiger charge is -2.10. The van der Waals surface area contributed by atoms with E-state index < -0.39 is 11.9 Å². The van der Waals surface area contributed by atoms with Gasteiger partial charge in [-0.15, -0.1) is 0 Å². The van der Waals surface area contributed by atoms with E-state index in [0.29, 0.717) is 17.9 Å². The van der Waals surface area contributed by atoms with Crippen molar-refractivity contribution in [1.29, 1.82) is 0 Å². The molecule has 1 atom stereocenters. The summed E-state index contributed by atoms with van der Waals surface area (Å²) in [6.07, 6.45) is 2.46. The third-order valence-corrected chi connectivity index (χ3v) is 2.83. The second kappa shape index (κ2) is 6.56. The summed E-state index contributed by atoms with van der Waals surface area (Å²) in [7, 11) is 0. The second-order valence-electron chi connectivity index (χ2n) is 3.43. The van der Waals surface area contributed by atoms with Gasteiger partial charge in [-0.3, -0.25) is 4.79 Å². The van der Waals surface area contributed by atoms with Crippen LogP contribution >= 0.6 is 23.2 Å². The number of hydrogen-bond donors (Lipinski definition) is 1. The van der Waals surface area contributed by atoms with Crippen LogP contribution in [0.25, 0.3) is 0 Å². The average Bonchev–Trinajstić information content (AvgIpc) is 2.26. The largest absolute Gasteiger partial charge is 0.481 e. The van der Waals surface area contributed by atoms with Crippen LogP contribution in [0.2, 0.25) is 5.02 Å². The minimum atomic E-state index is -0.838. The number of hydrogen-bond acceptors (Lipinski definition) is 1. The quantitative estimate of drug-likeness (QED) is 0.874. The lowest BCUT2D eigenvalue weighted by atomic mass is 9.96. The SMILES string of the molecule is O=C(O)C(C/C=C/Cl)Cc1ccccc1Cl. The Morgan fingerprint density at radius 1 is 1.44 bits per heavy atom. The van der Waals surface area contributed by atoms with E-state index >= 15 is 0 Å². The molecule has 4 heteroatoms. The van der Waals surface area contributed by atoms with Gasteiger partial charge in [0.25, 0.3) is 0 Å². The van der Waals surface area contributed by atoms with E-state index in [0.717, 1.165) is 5.56 Å². The van der Waals surface area contributed by atoms with Crippen LogP contribution in [-0.2, 0) is 11.2 Å². The molecule has 1 N–H and O–H groups in total. The summed E-state index contributed by atoms with van der Waals surface area (Å²) in [6, 6.07) is 7.26. The standard InChI is InChI=1S/C12H12Cl2O2/c13-7-3-5-10(12(15)16)8-9-4-1-2-6-11(9)14/h1-4,6-7,10H,5,8H2,(H,15,16)/b7-3+. The van der Waals surface area contributed by atoms with Crippen LogP contribution in [-0.4, -0.2) is 11.1 Å². The van der Waals surface area contributed by atoms with Crippen molar-refractivity contribution in [1.82, 2.24) is 0 Å². The lowest BCUT2D eigenvalue weighted by Crippen LogP contribution is -2.15. The Labute approximate surface area is 104 Å². The van der Waals surface area contributed by atoms with E-state index in [-0.39, 0.29) is 0 Å². The highest BCUT2D eigenvalue weighted by atomic mass is 35.5. The molecule has 0 aliphatic rings. The molecule has 16 heavy (non-hydrogen) atoms. The molecule has 1 aromatic carbocycles. The minimum absolute atomic E-state index is 0.407. The van der Waals surface area contributed by atoms with Gasteiger partial charge in [0.1, 0.15) is 0 Å². The fourth-order valence-electron chi connectivity index (χ4n) is 1.42. The molecular formula is C12H12Cl2O2. The van der Waals surface area contributed by atoms with Crippen molar-refractivity contribution in [3.8, 4) is 0 Å². The van der Waals surface area contributed by atoms with E-state index in [2.05, 4.69) is 0 Å². The fourth-order valence-corrected chi connectivity index (χ4v) is 1.73. The summed E-state index contributed by atoms with van der Waals surface area (Å²) in [5, 5.41) is 9.63. The van der Waals surface area contributed by atoms with Crippen molar-refractivity contribution in [3.05, 3.63) is 46.5 Å². The van der Waals surface area contributed by atoms with Crippen molar-refractivity contribution in [2.24, 2.45) is 5.92 Å². The Kier molecular flexibility index (Phi) is 5.36. The predicted octanol–water partition coefficient (Wildman–Crippen LogP) is 3.73. The zero-order valence-corrected chi connectivity index (χ0v) is 10.1. The maximum Gasteiger partial charge on any atom is 0.307 e. The van der Waals surface area contributed by atoms with E-state index in [1.807, 2.05) is 18.2 Å². The fraction of sp³-hybridized carbons (Fsp3) is 0.250. The zero-order chi connectivity index (χ0) is 12.0. The first-order chi connectivity index (χ1) is 7.65. The average molecular weight is 259 g/mol. The Bertz CT molecular complexity index is 388. The molecule has 0 heterocycles. The van der Waals surface area contributed by atoms with Gasteiger partial charge in [-0.1, -0.05) is 47.5 Å². The zero-order valence-electron chi connectivity index (χ0n) is 8.57. The smallest absolute Gasteiger partial charge is 0.307 e. The summed E-state index contributed by atoms with van der Waals surface area (Å²) in [5.41, 5.74) is 2.18. The molecule has 1 aromatic rings. The molecule has 86 valence electrons. The summed E-state index contributed by atoms with van der Waals surface area (Å²) in [6.45, 7) is 0. The predicted molar refractivity (Wildman–Crippen MR) is 65.9 cm³/mol. The molecule has 1 rings (SSSR count). The van der Waals surface area contributed by atoms with Gasteiger partial charge in [-0.05, 0) is 24.5 Å². The number of aliphatic carboxylic acids is 1. The van der Waals surface area contributed by atoms with Crippen molar-refractivity contribution >= 4 is 29.2 Å². The minimum Gasteiger partial charge on any atom is -0.481 e. The maximum absolute atomic E-state index is 11.0. The van der Waals surface area contributed by atoms with Crippen molar-refractivity contribution in [3.63, 3.8) is 0 Å². The number of rotatable bonds is 5. The van der Waals surface area contributed by atoms with Crippen molar-refractivity contribution in [2.45, 2.75) is 12.8 Å². The Morgan fingerprint density at radius 2 is 2.12 bits per heavy atom. The summed E-state index contributed by atoms with van der Waals surface area (Å²) >= 11 is 11.4. The van der Waals surface area contributed by atoms with Crippen molar-refractivity contribution in [2.75, 3.05) is 0 Å². The second-order valence-corrected chi connectivity index (χ2v) is 4.09. The van der Waals surface area contributed by atoms with Gasteiger partial charge in [-0.2, -0.15) is 0 Å². The van der Waals surface area contributed by atoms with Crippen LogP contribution in [0.15, 0.2) is 35.9 Å². The van der Waals surface area contributed by atoms with Crippen LogP contribution in [0, 0.1) is 5.92 Å². The molecule has 0 saturated carbocycles. The number of benzene rings is 1. The van der Waals surface area contributed by atoms with Crippen LogP contribution in [0.1, 0.15) is 12.0 Å². The molecular weight excluding hydrogens is 247 g/mol. The van der Waals surface area contributed by atoms with Gasteiger partial charge >= 0.3 is 5.97 Å². The van der Waals surface area contributed by atoms with Gasteiger partial charge < -0.3 is 5.11 Å². The monoisotopic (exact) mass is 258 g/mol. The molecule has 0 spiro atoms. The number of carboxylic acids is 1. The number of allylic oxidation sites excluding steroid dienone is 1. The van der Waals surface area contributed by atoms with E-state index in [4.69, 9.17) is 28.3 Å². The Balaban J connectivity index is 2.75. The van der Waals surface area contributed by atoms with Crippen LogP contribution in [0.4, 0.5) is 0 Å². The van der Waals surface area contributed by atoms with Crippen molar-refractivity contribution < 1.29 is 9.90 Å². The maximum atomic E-state index is 11.0. The first kappa shape index (κ1) is 13.1. The van der Waals surface area contributed by atoms with E-state index in [1.54, 1.807) is 12.1 Å². The van der Waals surface area contributed by atoms with Crippen LogP contribution < -0.4 is 0 Å². The molecule has 0 aromatic heterocycles. The molecule has 1 unspecified atom stereocenters. The molecule has 2 nitrogen and oxygen atoms in total. The lowest BCUT2D eigenvalue weighted by molar-refractivity contribution is -0.141. The third-order valence-electron chi connectivity index (χ3n) is 2.28. The summed E-state index contributed by atoms with van der Waals surface area (Å²) in [5.74, 6) is -1.33. The van der Waals surface area contributed by atoms with Gasteiger partial charge in [-0.25, -0.2) is 0 Å².